The lowest BCUT2D eigenvalue weighted by Gasteiger charge is -2.44. The number of hydrogen-bond donors (Lipinski definition) is 1. The van der Waals surface area contributed by atoms with Crippen LogP contribution in [0.15, 0.2) is 23.4 Å². The predicted octanol–water partition coefficient (Wildman–Crippen LogP) is 4.41. The van der Waals surface area contributed by atoms with E-state index in [1.807, 2.05) is 0 Å². The van der Waals surface area contributed by atoms with Gasteiger partial charge in [-0.1, -0.05) is 36.2 Å². The van der Waals surface area contributed by atoms with E-state index in [9.17, 15) is 4.79 Å². The first-order valence-corrected chi connectivity index (χ1v) is 11.2. The number of fused-ring (bicyclic) bond motifs is 1. The lowest BCUT2D eigenvalue weighted by molar-refractivity contribution is -0.134. The quantitative estimate of drug-likeness (QED) is 0.725. The van der Waals surface area contributed by atoms with Gasteiger partial charge in [-0.15, -0.1) is 5.10 Å². The number of carbonyl (C=O) groups is 1. The van der Waals surface area contributed by atoms with Crippen LogP contribution in [-0.4, -0.2) is 51.4 Å². The zero-order chi connectivity index (χ0) is 19.5. The van der Waals surface area contributed by atoms with Crippen LogP contribution in [0.5, 0.6) is 5.75 Å². The molecule has 28 heavy (non-hydrogen) atoms. The molecule has 6 nitrogen and oxygen atoms in total. The molecule has 150 valence electrons. The Balaban J connectivity index is 1.41. The van der Waals surface area contributed by atoms with Gasteiger partial charge in [0.1, 0.15) is 5.75 Å². The number of piperidine rings is 1. The van der Waals surface area contributed by atoms with Gasteiger partial charge >= 0.3 is 0 Å². The highest BCUT2D eigenvalue weighted by atomic mass is 35.5. The maximum Gasteiger partial charge on any atom is 0.233 e. The fraction of sp³-hybridized carbons (Fsp3) is 0.550. The average Bonchev–Trinajstić information content (AvgIpc) is 3.20. The number of rotatable bonds is 5. The van der Waals surface area contributed by atoms with Crippen LogP contribution in [0.4, 0.5) is 0 Å². The summed E-state index contributed by atoms with van der Waals surface area (Å²) >= 11 is 7.48. The highest BCUT2D eigenvalue weighted by molar-refractivity contribution is 7.99. The molecule has 2 aromatic rings. The summed E-state index contributed by atoms with van der Waals surface area (Å²) < 4.78 is 5.38. The lowest BCUT2D eigenvalue weighted by Crippen LogP contribution is -2.50. The third-order valence-corrected chi connectivity index (χ3v) is 6.84. The van der Waals surface area contributed by atoms with E-state index in [-0.39, 0.29) is 5.91 Å². The molecule has 1 saturated carbocycles. The molecule has 2 atom stereocenters. The number of amides is 1. The minimum Gasteiger partial charge on any atom is -0.496 e. The fourth-order valence-corrected chi connectivity index (χ4v) is 5.30. The first-order valence-electron chi connectivity index (χ1n) is 9.84. The van der Waals surface area contributed by atoms with Gasteiger partial charge in [0.2, 0.25) is 11.1 Å². The largest absolute Gasteiger partial charge is 0.496 e. The molecule has 2 fully saturated rings. The van der Waals surface area contributed by atoms with Gasteiger partial charge in [-0.25, -0.2) is 4.98 Å². The Morgan fingerprint density at radius 3 is 3.00 bits per heavy atom. The number of nitrogens with one attached hydrogen (secondary N) is 1. The number of nitrogens with zero attached hydrogens (tertiary/aromatic N) is 3. The Bertz CT molecular complexity index is 841. The van der Waals surface area contributed by atoms with E-state index in [4.69, 9.17) is 16.3 Å². The van der Waals surface area contributed by atoms with E-state index in [1.165, 1.54) is 37.4 Å². The molecular formula is C20H25ClN4O2S. The molecule has 1 saturated heterocycles. The second kappa shape index (κ2) is 8.74. The summed E-state index contributed by atoms with van der Waals surface area (Å²) in [6, 6.07) is 5.80. The number of ether oxygens (including phenoxy) is 1. The summed E-state index contributed by atoms with van der Waals surface area (Å²) in [6.07, 6.45) is 7.37. The van der Waals surface area contributed by atoms with Crippen molar-refractivity contribution in [2.45, 2.75) is 49.7 Å². The molecule has 1 aliphatic carbocycles. The molecule has 1 N–H and O–H groups in total. The zero-order valence-corrected chi connectivity index (χ0v) is 17.6. The number of H-pyrrole nitrogens is 1. The van der Waals surface area contributed by atoms with E-state index >= 15 is 0 Å². The average molecular weight is 421 g/mol. The van der Waals surface area contributed by atoms with Crippen LogP contribution in [0.3, 0.4) is 0 Å². The molecule has 2 aliphatic rings. The van der Waals surface area contributed by atoms with Crippen LogP contribution in [0, 0.1) is 5.92 Å². The van der Waals surface area contributed by atoms with Crippen LogP contribution < -0.4 is 4.74 Å². The second-order valence-electron chi connectivity index (χ2n) is 7.44. The molecule has 1 aromatic carbocycles. The normalized spacial score (nSPS) is 22.0. The number of carbonyl (C=O) groups excluding carboxylic acids is 1. The summed E-state index contributed by atoms with van der Waals surface area (Å²) in [4.78, 5) is 19.5. The number of benzene rings is 1. The number of hydrogen-bond acceptors (Lipinski definition) is 5. The van der Waals surface area contributed by atoms with Gasteiger partial charge in [0.05, 0.1) is 18.4 Å². The van der Waals surface area contributed by atoms with Crippen molar-refractivity contribution in [1.82, 2.24) is 20.1 Å². The Morgan fingerprint density at radius 2 is 2.14 bits per heavy atom. The molecule has 0 bridgehead atoms. The van der Waals surface area contributed by atoms with Gasteiger partial charge in [-0.3, -0.25) is 9.89 Å². The van der Waals surface area contributed by atoms with Crippen LogP contribution >= 0.6 is 23.4 Å². The molecule has 1 aliphatic heterocycles. The van der Waals surface area contributed by atoms with Crippen LogP contribution in [0.25, 0.3) is 11.4 Å². The van der Waals surface area contributed by atoms with Crippen LogP contribution in [0.2, 0.25) is 5.02 Å². The van der Waals surface area contributed by atoms with Crippen LogP contribution in [0.1, 0.15) is 38.5 Å². The first kappa shape index (κ1) is 19.6. The van der Waals surface area contributed by atoms with Gasteiger partial charge in [0.15, 0.2) is 5.82 Å². The van der Waals surface area contributed by atoms with Crippen molar-refractivity contribution in [2.75, 3.05) is 19.4 Å². The summed E-state index contributed by atoms with van der Waals surface area (Å²) in [7, 11) is 1.61. The van der Waals surface area contributed by atoms with E-state index in [1.54, 1.807) is 25.3 Å². The predicted molar refractivity (Wildman–Crippen MR) is 111 cm³/mol. The van der Waals surface area contributed by atoms with Crippen molar-refractivity contribution >= 4 is 29.3 Å². The second-order valence-corrected chi connectivity index (χ2v) is 8.82. The van der Waals surface area contributed by atoms with Gasteiger partial charge in [0.25, 0.3) is 0 Å². The third kappa shape index (κ3) is 4.15. The van der Waals surface area contributed by atoms with E-state index < -0.39 is 0 Å². The number of aromatic nitrogens is 3. The summed E-state index contributed by atoms with van der Waals surface area (Å²) in [6.45, 7) is 0.888. The Hall–Kier alpha value is -1.73. The molecule has 1 aromatic heterocycles. The van der Waals surface area contributed by atoms with Crippen molar-refractivity contribution in [1.29, 1.82) is 0 Å². The smallest absolute Gasteiger partial charge is 0.233 e. The van der Waals surface area contributed by atoms with E-state index in [0.29, 0.717) is 39.5 Å². The standard InChI is InChI=1S/C20H25ClN4O2S/c1-27-17-9-8-14(21)11-15(17)19-22-20(24-23-19)28-12-18(26)25-10-4-6-13-5-2-3-7-16(13)25/h8-9,11,13,16H,2-7,10,12H2,1H3,(H,22,23,24). The number of likely N-dealkylation sites (tertiary alicyclic amines) is 1. The highest BCUT2D eigenvalue weighted by Crippen LogP contribution is 2.36. The topological polar surface area (TPSA) is 71.1 Å². The molecule has 8 heteroatoms. The number of thioether (sulfide) groups is 1. The van der Waals surface area contributed by atoms with Crippen molar-refractivity contribution in [3.05, 3.63) is 23.2 Å². The Morgan fingerprint density at radius 1 is 1.32 bits per heavy atom. The molecule has 0 spiro atoms. The minimum absolute atomic E-state index is 0.202. The molecule has 2 unspecified atom stereocenters. The van der Waals surface area contributed by atoms with Gasteiger partial charge in [0, 0.05) is 17.6 Å². The monoisotopic (exact) mass is 420 g/mol. The van der Waals surface area contributed by atoms with Crippen molar-refractivity contribution in [3.63, 3.8) is 0 Å². The molecule has 2 heterocycles. The van der Waals surface area contributed by atoms with E-state index in [2.05, 4.69) is 20.1 Å². The fourth-order valence-electron chi connectivity index (χ4n) is 4.44. The summed E-state index contributed by atoms with van der Waals surface area (Å²) in [5.41, 5.74) is 0.752. The maximum atomic E-state index is 12.9. The summed E-state index contributed by atoms with van der Waals surface area (Å²) in [5.74, 6) is 2.52. The van der Waals surface area contributed by atoms with E-state index in [0.717, 1.165) is 24.9 Å². The molecule has 4 rings (SSSR count). The highest BCUT2D eigenvalue weighted by Gasteiger charge is 2.35. The van der Waals surface area contributed by atoms with Crippen molar-refractivity contribution in [2.24, 2.45) is 5.92 Å². The zero-order valence-electron chi connectivity index (χ0n) is 16.0. The van der Waals surface area contributed by atoms with Gasteiger partial charge in [-0.2, -0.15) is 0 Å². The lowest BCUT2D eigenvalue weighted by atomic mass is 9.78. The third-order valence-electron chi connectivity index (χ3n) is 5.77. The SMILES string of the molecule is COc1ccc(Cl)cc1-c1nc(SCC(=O)N2CCCC3CCCCC32)n[nH]1. The Labute approximate surface area is 174 Å². The summed E-state index contributed by atoms with van der Waals surface area (Å²) in [5, 5.41) is 8.34. The van der Waals surface area contributed by atoms with Crippen molar-refractivity contribution in [3.8, 4) is 17.1 Å². The van der Waals surface area contributed by atoms with Gasteiger partial charge in [-0.05, 0) is 49.8 Å². The molecule has 0 radical (unpaired) electrons. The Kier molecular flexibility index (Phi) is 6.11. The molecule has 1 amide bonds. The number of methoxy groups -OCH3 is 1. The minimum atomic E-state index is 0.202. The van der Waals surface area contributed by atoms with Crippen molar-refractivity contribution < 1.29 is 9.53 Å². The maximum absolute atomic E-state index is 12.9. The molecular weight excluding hydrogens is 396 g/mol. The first-order chi connectivity index (χ1) is 13.7. The number of halogens is 1. The van der Waals surface area contributed by atoms with Crippen LogP contribution in [-0.2, 0) is 4.79 Å². The number of aromatic amines is 1. The van der Waals surface area contributed by atoms with Gasteiger partial charge < -0.3 is 9.64 Å².